The lowest BCUT2D eigenvalue weighted by atomic mass is 9.95. The molecule has 0 saturated heterocycles. The molecule has 0 aromatic carbocycles. The minimum absolute atomic E-state index is 0.181. The quantitative estimate of drug-likeness (QED) is 0.565. The van der Waals surface area contributed by atoms with Gasteiger partial charge in [-0.3, -0.25) is 4.79 Å². The van der Waals surface area contributed by atoms with Gasteiger partial charge in [-0.2, -0.15) is 0 Å². The van der Waals surface area contributed by atoms with Gasteiger partial charge in [-0.25, -0.2) is 4.79 Å². The fourth-order valence-corrected chi connectivity index (χ4v) is 0.898. The zero-order valence-electron chi connectivity index (χ0n) is 9.79. The second-order valence-electron chi connectivity index (χ2n) is 4.32. The van der Waals surface area contributed by atoms with E-state index in [1.165, 1.54) is 7.11 Å². The summed E-state index contributed by atoms with van der Waals surface area (Å²) in [5.74, 6) is -0.632. The molecular formula is C11H19NO3. The molecule has 0 fully saturated rings. The number of carbonyl (C=O) groups excluding carboxylic acids is 2. The Bertz CT molecular complexity index is 253. The summed E-state index contributed by atoms with van der Waals surface area (Å²) in [7, 11) is 1.29. The van der Waals surface area contributed by atoms with Crippen LogP contribution in [0.1, 0.15) is 27.2 Å². The summed E-state index contributed by atoms with van der Waals surface area (Å²) >= 11 is 0. The van der Waals surface area contributed by atoms with Gasteiger partial charge in [-0.05, 0) is 6.42 Å². The second-order valence-corrected chi connectivity index (χ2v) is 4.32. The summed E-state index contributed by atoms with van der Waals surface area (Å²) in [6.45, 7) is 8.87. The molecule has 0 bridgehead atoms. The Kier molecular flexibility index (Phi) is 5.05. The molecule has 0 aromatic rings. The molecule has 0 heterocycles. The van der Waals surface area contributed by atoms with Gasteiger partial charge in [-0.15, -0.1) is 6.58 Å². The molecule has 15 heavy (non-hydrogen) atoms. The van der Waals surface area contributed by atoms with Crippen LogP contribution in [0.15, 0.2) is 12.7 Å². The van der Waals surface area contributed by atoms with Crippen molar-refractivity contribution >= 4 is 11.9 Å². The van der Waals surface area contributed by atoms with Gasteiger partial charge in [0.1, 0.15) is 6.04 Å². The van der Waals surface area contributed by atoms with Gasteiger partial charge < -0.3 is 10.1 Å². The fourth-order valence-electron chi connectivity index (χ4n) is 0.898. The van der Waals surface area contributed by atoms with Gasteiger partial charge in [0, 0.05) is 5.41 Å². The van der Waals surface area contributed by atoms with Crippen molar-refractivity contribution in [2.45, 2.75) is 33.2 Å². The van der Waals surface area contributed by atoms with Crippen molar-refractivity contribution in [1.29, 1.82) is 0 Å². The van der Waals surface area contributed by atoms with Gasteiger partial charge in [0.2, 0.25) is 5.91 Å². The smallest absolute Gasteiger partial charge is 0.328 e. The molecule has 0 aliphatic rings. The number of amides is 1. The third-order valence-corrected chi connectivity index (χ3v) is 1.87. The van der Waals surface area contributed by atoms with Crippen molar-refractivity contribution in [3.63, 3.8) is 0 Å². The number of hydrogen-bond donors (Lipinski definition) is 1. The predicted molar refractivity (Wildman–Crippen MR) is 58.2 cm³/mol. The van der Waals surface area contributed by atoms with Gasteiger partial charge >= 0.3 is 5.97 Å². The number of carbonyl (C=O) groups is 2. The number of ether oxygens (including phenoxy) is 1. The lowest BCUT2D eigenvalue weighted by Crippen LogP contribution is -2.45. The van der Waals surface area contributed by atoms with Gasteiger partial charge in [0.05, 0.1) is 7.11 Å². The predicted octanol–water partition coefficient (Wildman–Crippen LogP) is 1.27. The van der Waals surface area contributed by atoms with E-state index in [1.807, 2.05) is 0 Å². The molecule has 1 atom stereocenters. The van der Waals surface area contributed by atoms with E-state index in [-0.39, 0.29) is 5.91 Å². The second kappa shape index (κ2) is 5.53. The molecule has 0 aliphatic heterocycles. The lowest BCUT2D eigenvalue weighted by Gasteiger charge is -2.22. The SMILES string of the molecule is C=CCC(NC(=O)C(C)(C)C)C(=O)OC. The van der Waals surface area contributed by atoms with Crippen molar-refractivity contribution in [3.05, 3.63) is 12.7 Å². The van der Waals surface area contributed by atoms with Crippen LogP contribution in [0, 0.1) is 5.41 Å². The molecule has 0 aliphatic carbocycles. The zero-order valence-corrected chi connectivity index (χ0v) is 9.79. The van der Waals surface area contributed by atoms with Crippen LogP contribution in [0.5, 0.6) is 0 Å². The van der Waals surface area contributed by atoms with E-state index in [0.717, 1.165) is 0 Å². The Balaban J connectivity index is 4.48. The van der Waals surface area contributed by atoms with E-state index in [9.17, 15) is 9.59 Å². The Morgan fingerprint density at radius 1 is 1.47 bits per heavy atom. The standard InChI is InChI=1S/C11H19NO3/c1-6-7-8(9(13)15-5)12-10(14)11(2,3)4/h6,8H,1,7H2,2-5H3,(H,12,14). The average molecular weight is 213 g/mol. The molecule has 86 valence electrons. The number of hydrogen-bond acceptors (Lipinski definition) is 3. The topological polar surface area (TPSA) is 55.4 Å². The van der Waals surface area contributed by atoms with E-state index >= 15 is 0 Å². The first kappa shape index (κ1) is 13.7. The largest absolute Gasteiger partial charge is 0.467 e. The summed E-state index contributed by atoms with van der Waals surface area (Å²) < 4.78 is 4.58. The van der Waals surface area contributed by atoms with E-state index in [1.54, 1.807) is 26.8 Å². The van der Waals surface area contributed by atoms with E-state index in [4.69, 9.17) is 0 Å². The summed E-state index contributed by atoms with van der Waals surface area (Å²) in [5, 5.41) is 2.62. The average Bonchev–Trinajstić information content (AvgIpc) is 2.14. The summed E-state index contributed by atoms with van der Waals surface area (Å²) in [5.41, 5.74) is -0.520. The Morgan fingerprint density at radius 3 is 2.33 bits per heavy atom. The number of nitrogens with one attached hydrogen (secondary N) is 1. The third kappa shape index (κ3) is 4.63. The highest BCUT2D eigenvalue weighted by atomic mass is 16.5. The van der Waals surface area contributed by atoms with Crippen molar-refractivity contribution in [1.82, 2.24) is 5.32 Å². The summed E-state index contributed by atoms with van der Waals surface area (Å²) in [4.78, 5) is 22.9. The molecule has 4 heteroatoms. The number of rotatable bonds is 4. The summed E-state index contributed by atoms with van der Waals surface area (Å²) in [6.07, 6.45) is 1.94. The van der Waals surface area contributed by atoms with Crippen LogP contribution in [0.3, 0.4) is 0 Å². The first-order chi connectivity index (χ1) is 6.82. The molecule has 0 saturated carbocycles. The highest BCUT2D eigenvalue weighted by Gasteiger charge is 2.27. The molecule has 1 amide bonds. The molecule has 0 spiro atoms. The van der Waals surface area contributed by atoms with Gasteiger partial charge in [0.15, 0.2) is 0 Å². The zero-order chi connectivity index (χ0) is 12.1. The van der Waals surface area contributed by atoms with E-state index in [0.29, 0.717) is 6.42 Å². The van der Waals surface area contributed by atoms with Crippen LogP contribution in [0.25, 0.3) is 0 Å². The molecule has 4 nitrogen and oxygen atoms in total. The van der Waals surface area contributed by atoms with Crippen molar-refractivity contribution in [3.8, 4) is 0 Å². The Hall–Kier alpha value is -1.32. The molecule has 1 unspecified atom stereocenters. The highest BCUT2D eigenvalue weighted by Crippen LogP contribution is 2.13. The maximum absolute atomic E-state index is 11.6. The van der Waals surface area contributed by atoms with E-state index in [2.05, 4.69) is 16.6 Å². The molecule has 0 rings (SSSR count). The van der Waals surface area contributed by atoms with Crippen molar-refractivity contribution in [2.24, 2.45) is 5.41 Å². The summed E-state index contributed by atoms with van der Waals surface area (Å²) in [6, 6.07) is -0.640. The van der Waals surface area contributed by atoms with Gasteiger partial charge in [0.25, 0.3) is 0 Å². The van der Waals surface area contributed by atoms with E-state index < -0.39 is 17.4 Å². The molecule has 1 N–H and O–H groups in total. The fraction of sp³-hybridized carbons (Fsp3) is 0.636. The van der Waals surface area contributed by atoms with Crippen LogP contribution in [0.2, 0.25) is 0 Å². The van der Waals surface area contributed by atoms with Crippen LogP contribution < -0.4 is 5.32 Å². The van der Waals surface area contributed by atoms with Crippen LogP contribution in [-0.4, -0.2) is 25.0 Å². The first-order valence-corrected chi connectivity index (χ1v) is 4.82. The minimum Gasteiger partial charge on any atom is -0.467 e. The molecular weight excluding hydrogens is 194 g/mol. The molecule has 0 aromatic heterocycles. The van der Waals surface area contributed by atoms with Gasteiger partial charge in [-0.1, -0.05) is 26.8 Å². The minimum atomic E-state index is -0.640. The monoisotopic (exact) mass is 213 g/mol. The third-order valence-electron chi connectivity index (χ3n) is 1.87. The number of esters is 1. The van der Waals surface area contributed by atoms with Crippen LogP contribution >= 0.6 is 0 Å². The maximum Gasteiger partial charge on any atom is 0.328 e. The molecule has 0 radical (unpaired) electrons. The number of methoxy groups -OCH3 is 1. The highest BCUT2D eigenvalue weighted by molar-refractivity contribution is 5.87. The lowest BCUT2D eigenvalue weighted by molar-refractivity contribution is -0.146. The normalized spacial score (nSPS) is 12.8. The van der Waals surface area contributed by atoms with Crippen LogP contribution in [0.4, 0.5) is 0 Å². The van der Waals surface area contributed by atoms with Crippen molar-refractivity contribution in [2.75, 3.05) is 7.11 Å². The first-order valence-electron chi connectivity index (χ1n) is 4.82. The van der Waals surface area contributed by atoms with Crippen molar-refractivity contribution < 1.29 is 14.3 Å². The van der Waals surface area contributed by atoms with Crippen LogP contribution in [-0.2, 0) is 14.3 Å². The maximum atomic E-state index is 11.6. The Morgan fingerprint density at radius 2 is 2.00 bits per heavy atom. The Labute approximate surface area is 90.7 Å².